The summed E-state index contributed by atoms with van der Waals surface area (Å²) < 4.78 is 0. The van der Waals surface area contributed by atoms with E-state index in [1.165, 1.54) is 17.7 Å². The van der Waals surface area contributed by atoms with Crippen molar-refractivity contribution in [1.82, 2.24) is 9.97 Å². The van der Waals surface area contributed by atoms with Crippen molar-refractivity contribution >= 4 is 0 Å². The molecule has 0 amide bonds. The van der Waals surface area contributed by atoms with Gasteiger partial charge in [-0.3, -0.25) is 9.97 Å². The molecule has 2 aromatic heterocycles. The van der Waals surface area contributed by atoms with Crippen molar-refractivity contribution in [3.05, 3.63) is 59.2 Å². The van der Waals surface area contributed by atoms with Gasteiger partial charge in [0.2, 0.25) is 0 Å². The van der Waals surface area contributed by atoms with Crippen molar-refractivity contribution < 1.29 is 0 Å². The van der Waals surface area contributed by atoms with Gasteiger partial charge < -0.3 is 5.73 Å². The van der Waals surface area contributed by atoms with Gasteiger partial charge in [0.05, 0.1) is 11.7 Å². The molecule has 3 rings (SSSR count). The summed E-state index contributed by atoms with van der Waals surface area (Å²) in [5.41, 5.74) is 11.0. The lowest BCUT2D eigenvalue weighted by molar-refractivity contribution is 0.456. The van der Waals surface area contributed by atoms with Crippen LogP contribution in [0.25, 0.3) is 0 Å². The van der Waals surface area contributed by atoms with E-state index in [4.69, 9.17) is 5.73 Å². The number of rotatable bonds is 2. The van der Waals surface area contributed by atoms with Crippen LogP contribution in [0.2, 0.25) is 0 Å². The molecular formula is C16H19N3. The van der Waals surface area contributed by atoms with Gasteiger partial charge in [-0.1, -0.05) is 12.1 Å². The van der Waals surface area contributed by atoms with E-state index in [2.05, 4.69) is 16.0 Å². The molecule has 0 spiro atoms. The zero-order chi connectivity index (χ0) is 13.2. The van der Waals surface area contributed by atoms with Crippen molar-refractivity contribution in [1.29, 1.82) is 0 Å². The molecule has 2 unspecified atom stereocenters. The van der Waals surface area contributed by atoms with Crippen LogP contribution < -0.4 is 5.73 Å². The third kappa shape index (κ3) is 2.38. The fourth-order valence-corrected chi connectivity index (χ4v) is 2.95. The van der Waals surface area contributed by atoms with Crippen molar-refractivity contribution in [3.63, 3.8) is 0 Å². The van der Waals surface area contributed by atoms with Crippen LogP contribution >= 0.6 is 0 Å². The minimum Gasteiger partial charge on any atom is -0.322 e. The molecule has 1 aliphatic rings. The van der Waals surface area contributed by atoms with Crippen molar-refractivity contribution in [2.45, 2.75) is 38.1 Å². The molecule has 0 saturated carbocycles. The predicted octanol–water partition coefficient (Wildman–Crippen LogP) is 2.90. The van der Waals surface area contributed by atoms with Crippen molar-refractivity contribution in [2.24, 2.45) is 5.73 Å². The van der Waals surface area contributed by atoms with Crippen LogP contribution in [0.4, 0.5) is 0 Å². The largest absolute Gasteiger partial charge is 0.322 e. The quantitative estimate of drug-likeness (QED) is 0.895. The number of hydrogen-bond acceptors (Lipinski definition) is 3. The van der Waals surface area contributed by atoms with Gasteiger partial charge in [0.25, 0.3) is 0 Å². The van der Waals surface area contributed by atoms with E-state index in [9.17, 15) is 0 Å². The normalized spacial score (nSPS) is 19.8. The average Bonchev–Trinajstić information content (AvgIpc) is 2.46. The van der Waals surface area contributed by atoms with Crippen LogP contribution in [0, 0.1) is 6.92 Å². The van der Waals surface area contributed by atoms with E-state index in [1.54, 1.807) is 0 Å². The van der Waals surface area contributed by atoms with Gasteiger partial charge in [0.15, 0.2) is 0 Å². The number of hydrogen-bond donors (Lipinski definition) is 1. The Morgan fingerprint density at radius 2 is 2.16 bits per heavy atom. The van der Waals surface area contributed by atoms with Crippen LogP contribution in [0.15, 0.2) is 36.5 Å². The summed E-state index contributed by atoms with van der Waals surface area (Å²) in [6.07, 6.45) is 5.27. The average molecular weight is 253 g/mol. The van der Waals surface area contributed by atoms with Gasteiger partial charge in [-0.2, -0.15) is 0 Å². The smallest absolute Gasteiger partial charge is 0.0581 e. The van der Waals surface area contributed by atoms with Gasteiger partial charge >= 0.3 is 0 Å². The van der Waals surface area contributed by atoms with E-state index in [-0.39, 0.29) is 6.04 Å². The minimum absolute atomic E-state index is 0.0613. The third-order valence-corrected chi connectivity index (χ3v) is 3.92. The maximum absolute atomic E-state index is 6.45. The van der Waals surface area contributed by atoms with E-state index >= 15 is 0 Å². The molecule has 98 valence electrons. The third-order valence-electron chi connectivity index (χ3n) is 3.92. The topological polar surface area (TPSA) is 51.8 Å². The Hall–Kier alpha value is -1.74. The van der Waals surface area contributed by atoms with Gasteiger partial charge in [-0.15, -0.1) is 0 Å². The standard InChI is InChI=1S/C16H19N3/c1-11-5-2-9-14(19-11)15(17)13-8-3-6-12-7-4-10-18-16(12)13/h2,4-5,7,9-10,13,15H,3,6,8,17H2,1H3. The summed E-state index contributed by atoms with van der Waals surface area (Å²) in [6, 6.07) is 10.2. The van der Waals surface area contributed by atoms with Gasteiger partial charge in [-0.05, 0) is 49.9 Å². The Kier molecular flexibility index (Phi) is 3.30. The van der Waals surface area contributed by atoms with Crippen molar-refractivity contribution in [2.75, 3.05) is 0 Å². The molecule has 2 N–H and O–H groups in total. The summed E-state index contributed by atoms with van der Waals surface area (Å²) in [7, 11) is 0. The highest BCUT2D eigenvalue weighted by atomic mass is 14.8. The monoisotopic (exact) mass is 253 g/mol. The van der Waals surface area contributed by atoms with Crippen LogP contribution in [-0.4, -0.2) is 9.97 Å². The molecule has 0 aromatic carbocycles. The summed E-state index contributed by atoms with van der Waals surface area (Å²) in [4.78, 5) is 9.13. The molecule has 19 heavy (non-hydrogen) atoms. The highest BCUT2D eigenvalue weighted by Crippen LogP contribution is 2.37. The van der Waals surface area contributed by atoms with Crippen LogP contribution in [0.5, 0.6) is 0 Å². The van der Waals surface area contributed by atoms with Crippen LogP contribution in [0.1, 0.15) is 47.4 Å². The highest BCUT2D eigenvalue weighted by Gasteiger charge is 2.28. The summed E-state index contributed by atoms with van der Waals surface area (Å²) in [5.74, 6) is 0.291. The lowest BCUT2D eigenvalue weighted by Crippen LogP contribution is -2.25. The first-order valence-corrected chi connectivity index (χ1v) is 6.88. The highest BCUT2D eigenvalue weighted by molar-refractivity contribution is 5.29. The molecule has 0 saturated heterocycles. The van der Waals surface area contributed by atoms with E-state index < -0.39 is 0 Å². The maximum atomic E-state index is 6.45. The lowest BCUT2D eigenvalue weighted by atomic mass is 9.81. The molecule has 0 fully saturated rings. The number of nitrogens with two attached hydrogens (primary N) is 1. The Bertz CT molecular complexity index is 580. The SMILES string of the molecule is Cc1cccc(C(N)C2CCCc3cccnc32)n1. The summed E-state index contributed by atoms with van der Waals surface area (Å²) >= 11 is 0. The van der Waals surface area contributed by atoms with Crippen LogP contribution in [0.3, 0.4) is 0 Å². The number of fused-ring (bicyclic) bond motifs is 1. The summed E-state index contributed by atoms with van der Waals surface area (Å²) in [5, 5.41) is 0. The van der Waals surface area contributed by atoms with E-state index in [1.807, 2.05) is 37.4 Å². The first kappa shape index (κ1) is 12.3. The molecule has 2 aromatic rings. The second-order valence-electron chi connectivity index (χ2n) is 5.28. The zero-order valence-corrected chi connectivity index (χ0v) is 11.2. The molecule has 0 bridgehead atoms. The molecule has 1 aliphatic carbocycles. The second-order valence-corrected chi connectivity index (χ2v) is 5.28. The zero-order valence-electron chi connectivity index (χ0n) is 11.2. The Morgan fingerprint density at radius 1 is 1.26 bits per heavy atom. The van der Waals surface area contributed by atoms with Gasteiger partial charge in [0.1, 0.15) is 0 Å². The van der Waals surface area contributed by atoms with Gasteiger partial charge in [0, 0.05) is 23.5 Å². The molecule has 2 atom stereocenters. The van der Waals surface area contributed by atoms with Gasteiger partial charge in [-0.25, -0.2) is 0 Å². The number of pyridine rings is 2. The minimum atomic E-state index is -0.0613. The Labute approximate surface area is 113 Å². The molecule has 0 radical (unpaired) electrons. The Morgan fingerprint density at radius 3 is 3.00 bits per heavy atom. The fourth-order valence-electron chi connectivity index (χ4n) is 2.95. The lowest BCUT2D eigenvalue weighted by Gasteiger charge is -2.28. The first-order valence-electron chi connectivity index (χ1n) is 6.88. The number of aryl methyl sites for hydroxylation is 2. The van der Waals surface area contributed by atoms with Crippen molar-refractivity contribution in [3.8, 4) is 0 Å². The second kappa shape index (κ2) is 5.10. The maximum Gasteiger partial charge on any atom is 0.0581 e. The predicted molar refractivity (Wildman–Crippen MR) is 75.8 cm³/mol. The molecular weight excluding hydrogens is 234 g/mol. The molecule has 3 heteroatoms. The van der Waals surface area contributed by atoms with E-state index in [0.717, 1.165) is 24.2 Å². The van der Waals surface area contributed by atoms with E-state index in [0.29, 0.717) is 5.92 Å². The molecule has 2 heterocycles. The summed E-state index contributed by atoms with van der Waals surface area (Å²) in [6.45, 7) is 2.00. The molecule has 3 nitrogen and oxygen atoms in total. The number of nitrogens with zero attached hydrogens (tertiary/aromatic N) is 2. The fraction of sp³-hybridized carbons (Fsp3) is 0.375. The first-order chi connectivity index (χ1) is 9.25. The molecule has 0 aliphatic heterocycles. The Balaban J connectivity index is 1.95. The van der Waals surface area contributed by atoms with Crippen LogP contribution in [-0.2, 0) is 6.42 Å². The number of aromatic nitrogens is 2.